The highest BCUT2D eigenvalue weighted by Gasteiger charge is 2.24. The summed E-state index contributed by atoms with van der Waals surface area (Å²) >= 11 is 14.0. The summed E-state index contributed by atoms with van der Waals surface area (Å²) in [6.45, 7) is 5.09. The molecule has 0 spiro atoms. The molecular formula is C29H30Cl2N6O2S. The lowest BCUT2D eigenvalue weighted by Gasteiger charge is -2.34. The number of thiophene rings is 1. The zero-order valence-corrected chi connectivity index (χ0v) is 24.3. The summed E-state index contributed by atoms with van der Waals surface area (Å²) in [5.41, 5.74) is 11.1. The van der Waals surface area contributed by atoms with Crippen molar-refractivity contribution in [3.8, 4) is 0 Å². The number of aliphatic hydroxyl groups is 1. The Balaban J connectivity index is 1.12. The predicted molar refractivity (Wildman–Crippen MR) is 162 cm³/mol. The molecule has 0 amide bonds. The van der Waals surface area contributed by atoms with Crippen molar-refractivity contribution in [3.63, 3.8) is 0 Å². The van der Waals surface area contributed by atoms with Gasteiger partial charge in [-0.05, 0) is 42.3 Å². The first kappa shape index (κ1) is 27.4. The van der Waals surface area contributed by atoms with Gasteiger partial charge in [0.05, 0.1) is 39.5 Å². The summed E-state index contributed by atoms with van der Waals surface area (Å²) in [7, 11) is 0. The van der Waals surface area contributed by atoms with Crippen LogP contribution in [0.25, 0.3) is 21.1 Å². The number of hydrogen-bond donors (Lipinski definition) is 3. The van der Waals surface area contributed by atoms with Gasteiger partial charge < -0.3 is 19.3 Å². The lowest BCUT2D eigenvalue weighted by Crippen LogP contribution is -2.53. The molecule has 0 radical (unpaired) electrons. The maximum atomic E-state index is 9.81. The number of nitrogens with one attached hydrogen (secondary N) is 2. The summed E-state index contributed by atoms with van der Waals surface area (Å²) in [5.74, 6) is 0.910. The second-order valence-corrected chi connectivity index (χ2v) is 12.0. The number of fused-ring (bicyclic) bond motifs is 2. The zero-order chi connectivity index (χ0) is 27.6. The fourth-order valence-corrected chi connectivity index (χ4v) is 6.69. The normalized spacial score (nSPS) is 16.7. The number of aliphatic hydroxyl groups excluding tert-OH is 1. The summed E-state index contributed by atoms with van der Waals surface area (Å²) in [6, 6.07) is 16.2. The fraction of sp³-hybridized carbons (Fsp3) is 0.310. The van der Waals surface area contributed by atoms with E-state index in [1.54, 1.807) is 24.6 Å². The Kier molecular flexibility index (Phi) is 8.22. The number of rotatable bonds is 9. The first-order valence-electron chi connectivity index (χ1n) is 13.2. The second-order valence-electron chi connectivity index (χ2n) is 10.0. The van der Waals surface area contributed by atoms with Crippen LogP contribution < -0.4 is 15.8 Å². The van der Waals surface area contributed by atoms with Crippen LogP contribution in [-0.2, 0) is 24.2 Å². The number of morpholine rings is 1. The monoisotopic (exact) mass is 596 g/mol. The topological polar surface area (TPSA) is 87.5 Å². The van der Waals surface area contributed by atoms with Crippen LogP contribution in [-0.4, -0.2) is 51.7 Å². The third-order valence-corrected chi connectivity index (χ3v) is 8.84. The van der Waals surface area contributed by atoms with Crippen molar-refractivity contribution in [2.24, 2.45) is 0 Å². The van der Waals surface area contributed by atoms with Gasteiger partial charge >= 0.3 is 0 Å². The molecular weight excluding hydrogens is 567 g/mol. The van der Waals surface area contributed by atoms with Gasteiger partial charge in [0, 0.05) is 48.0 Å². The number of aromatic nitrogens is 3. The fourth-order valence-electron chi connectivity index (χ4n) is 5.13. The van der Waals surface area contributed by atoms with Crippen molar-refractivity contribution in [2.75, 3.05) is 24.6 Å². The van der Waals surface area contributed by atoms with Crippen molar-refractivity contribution >= 4 is 61.5 Å². The molecule has 1 aliphatic rings. The second kappa shape index (κ2) is 12.0. The number of hydrogen-bond acceptors (Lipinski definition) is 8. The largest absolute Gasteiger partial charge is 0.393 e. The summed E-state index contributed by atoms with van der Waals surface area (Å²) < 4.78 is 9.29. The molecule has 1 saturated heterocycles. The minimum atomic E-state index is -0.391. The lowest BCUT2D eigenvalue weighted by molar-refractivity contribution is 0.00783. The number of halogens is 2. The number of nitrogens with zero attached hydrogens (tertiary/aromatic N) is 4. The van der Waals surface area contributed by atoms with Gasteiger partial charge in [-0.15, -0.1) is 11.3 Å². The standard InChI is InChI=1S/C29H30Cl2N6O2S/c1-18(38)10-21-12-25-28(40-21)29(33-17-32-25)36-8-9-39-27(16-36)35-34-13-20-15-37(26-5-3-2-4-22(20)26)14-19-6-7-23(30)24(31)11-19/h2-7,11-12,15,17-18,27,34-35,38H,8-10,13-14,16H2,1H3. The van der Waals surface area contributed by atoms with E-state index in [0.717, 1.165) is 38.5 Å². The van der Waals surface area contributed by atoms with Gasteiger partial charge in [-0.25, -0.2) is 15.4 Å². The van der Waals surface area contributed by atoms with Crippen LogP contribution in [0.2, 0.25) is 10.0 Å². The van der Waals surface area contributed by atoms with Crippen LogP contribution in [0.3, 0.4) is 0 Å². The van der Waals surface area contributed by atoms with Gasteiger partial charge in [0.15, 0.2) is 0 Å². The molecule has 0 bridgehead atoms. The Hall–Kier alpha value is -2.76. The summed E-state index contributed by atoms with van der Waals surface area (Å²) in [6.07, 6.45) is 3.80. The Morgan fingerprint density at radius 3 is 2.88 bits per heavy atom. The van der Waals surface area contributed by atoms with Gasteiger partial charge in [0.25, 0.3) is 0 Å². The third kappa shape index (κ3) is 5.96. The molecule has 0 saturated carbocycles. The lowest BCUT2D eigenvalue weighted by atomic mass is 10.2. The van der Waals surface area contributed by atoms with Crippen molar-refractivity contribution in [2.45, 2.75) is 38.8 Å². The average Bonchev–Trinajstić information content (AvgIpc) is 3.51. The van der Waals surface area contributed by atoms with Gasteiger partial charge in [-0.3, -0.25) is 5.43 Å². The number of para-hydroxylation sites is 1. The Labute approximate surface area is 246 Å². The number of anilines is 1. The van der Waals surface area contributed by atoms with E-state index < -0.39 is 6.10 Å². The van der Waals surface area contributed by atoms with Crippen molar-refractivity contribution in [1.29, 1.82) is 0 Å². The van der Waals surface area contributed by atoms with E-state index in [4.69, 9.17) is 27.9 Å². The van der Waals surface area contributed by atoms with E-state index in [1.165, 1.54) is 10.9 Å². The van der Waals surface area contributed by atoms with Crippen molar-refractivity contribution < 1.29 is 9.84 Å². The zero-order valence-electron chi connectivity index (χ0n) is 22.0. The van der Waals surface area contributed by atoms with Crippen molar-refractivity contribution in [1.82, 2.24) is 25.4 Å². The van der Waals surface area contributed by atoms with Crippen LogP contribution in [0.5, 0.6) is 0 Å². The molecule has 8 nitrogen and oxygen atoms in total. The van der Waals surface area contributed by atoms with Crippen LogP contribution in [0.4, 0.5) is 5.82 Å². The van der Waals surface area contributed by atoms with E-state index in [1.807, 2.05) is 24.3 Å². The highest BCUT2D eigenvalue weighted by Crippen LogP contribution is 2.32. The minimum Gasteiger partial charge on any atom is -0.393 e. The highest BCUT2D eigenvalue weighted by molar-refractivity contribution is 7.19. The first-order chi connectivity index (χ1) is 19.4. The Morgan fingerprint density at radius 1 is 1.15 bits per heavy atom. The van der Waals surface area contributed by atoms with Gasteiger partial charge in [0.2, 0.25) is 0 Å². The molecule has 40 heavy (non-hydrogen) atoms. The minimum absolute atomic E-state index is 0.208. The van der Waals surface area contributed by atoms with E-state index in [0.29, 0.717) is 42.7 Å². The molecule has 3 aromatic heterocycles. The number of ether oxygens (including phenoxy) is 1. The smallest absolute Gasteiger partial charge is 0.150 e. The molecule has 11 heteroatoms. The first-order valence-corrected chi connectivity index (χ1v) is 14.8. The molecule has 1 aliphatic heterocycles. The number of hydrazine groups is 1. The van der Waals surface area contributed by atoms with Gasteiger partial charge in [0.1, 0.15) is 18.4 Å². The third-order valence-electron chi connectivity index (χ3n) is 6.96. The summed E-state index contributed by atoms with van der Waals surface area (Å²) in [5, 5.41) is 12.1. The molecule has 2 atom stereocenters. The Bertz CT molecular complexity index is 1640. The van der Waals surface area contributed by atoms with Crippen molar-refractivity contribution in [3.05, 3.63) is 87.1 Å². The van der Waals surface area contributed by atoms with Gasteiger partial charge in [-0.2, -0.15) is 0 Å². The average molecular weight is 598 g/mol. The number of benzene rings is 2. The predicted octanol–water partition coefficient (Wildman–Crippen LogP) is 5.38. The molecule has 1 fully saturated rings. The molecule has 5 aromatic rings. The maximum absolute atomic E-state index is 9.81. The molecule has 0 aliphatic carbocycles. The van der Waals surface area contributed by atoms with E-state index in [9.17, 15) is 5.11 Å². The van der Waals surface area contributed by atoms with Gasteiger partial charge in [-0.1, -0.05) is 47.5 Å². The van der Waals surface area contributed by atoms with E-state index >= 15 is 0 Å². The Morgan fingerprint density at radius 2 is 2.02 bits per heavy atom. The summed E-state index contributed by atoms with van der Waals surface area (Å²) in [4.78, 5) is 12.4. The molecule has 6 rings (SSSR count). The maximum Gasteiger partial charge on any atom is 0.150 e. The highest BCUT2D eigenvalue weighted by atomic mass is 35.5. The van der Waals surface area contributed by atoms with E-state index in [-0.39, 0.29) is 6.23 Å². The van der Waals surface area contributed by atoms with Crippen LogP contribution in [0.15, 0.2) is 61.1 Å². The molecule has 3 N–H and O–H groups in total. The quantitative estimate of drug-likeness (QED) is 0.197. The SMILES string of the molecule is CC(O)Cc1cc2ncnc(N3CCOC(NNCc4cn(Cc5ccc(Cl)c(Cl)c5)c5ccccc45)C3)c2s1. The molecule has 2 unspecified atom stereocenters. The van der Waals surface area contributed by atoms with Crippen LogP contribution >= 0.6 is 34.5 Å². The molecule has 4 heterocycles. The van der Waals surface area contributed by atoms with Crippen LogP contribution in [0.1, 0.15) is 22.9 Å². The van der Waals surface area contributed by atoms with Crippen LogP contribution in [0, 0.1) is 0 Å². The molecule has 2 aromatic carbocycles. The molecule has 208 valence electrons. The van der Waals surface area contributed by atoms with E-state index in [2.05, 4.69) is 60.7 Å².